The van der Waals surface area contributed by atoms with E-state index in [-0.39, 0.29) is 36.9 Å². The number of nitrogens with one attached hydrogen (secondary N) is 3. The summed E-state index contributed by atoms with van der Waals surface area (Å²) in [4.78, 5) is 23.4. The van der Waals surface area contributed by atoms with Gasteiger partial charge < -0.3 is 15.4 Å². The molecule has 2 amide bonds. The first-order valence-electron chi connectivity index (χ1n) is 8.71. The standard InChI is InChI=1S/C18H29N3O5S/c1-13-6-7-15(14(2)12-13)27(24,25)21-11-10-19-16(22)8-9-20-17(23)26-18(3,4)5/h6-7,12,21H,8-11H2,1-5H3,(H,19,22)(H,20,23). The van der Waals surface area contributed by atoms with E-state index in [0.717, 1.165) is 5.56 Å². The van der Waals surface area contributed by atoms with E-state index in [2.05, 4.69) is 15.4 Å². The smallest absolute Gasteiger partial charge is 0.407 e. The molecule has 0 aliphatic heterocycles. The predicted octanol–water partition coefficient (Wildman–Crippen LogP) is 1.61. The number of alkyl carbamates (subject to hydrolysis) is 1. The van der Waals surface area contributed by atoms with Gasteiger partial charge in [-0.15, -0.1) is 0 Å². The second-order valence-electron chi connectivity index (χ2n) is 7.20. The molecule has 0 atom stereocenters. The highest BCUT2D eigenvalue weighted by molar-refractivity contribution is 7.89. The lowest BCUT2D eigenvalue weighted by atomic mass is 10.2. The Morgan fingerprint density at radius 3 is 2.30 bits per heavy atom. The Morgan fingerprint density at radius 1 is 1.04 bits per heavy atom. The lowest BCUT2D eigenvalue weighted by Gasteiger charge is -2.19. The van der Waals surface area contributed by atoms with Crippen molar-refractivity contribution in [2.75, 3.05) is 19.6 Å². The van der Waals surface area contributed by atoms with Crippen LogP contribution < -0.4 is 15.4 Å². The third-order valence-electron chi connectivity index (χ3n) is 3.38. The summed E-state index contributed by atoms with van der Waals surface area (Å²) in [5.74, 6) is -0.295. The summed E-state index contributed by atoms with van der Waals surface area (Å²) in [5, 5.41) is 5.08. The zero-order valence-electron chi connectivity index (χ0n) is 16.5. The van der Waals surface area contributed by atoms with Gasteiger partial charge in [0.25, 0.3) is 0 Å². The van der Waals surface area contributed by atoms with Crippen molar-refractivity contribution in [2.45, 2.75) is 51.5 Å². The van der Waals surface area contributed by atoms with Crippen LogP contribution in [0.25, 0.3) is 0 Å². The Kier molecular flexibility index (Phi) is 8.23. The van der Waals surface area contributed by atoms with E-state index < -0.39 is 21.7 Å². The number of rotatable bonds is 8. The number of aryl methyl sites for hydroxylation is 2. The van der Waals surface area contributed by atoms with Crippen LogP contribution in [0.2, 0.25) is 0 Å². The first-order valence-corrected chi connectivity index (χ1v) is 10.2. The normalized spacial score (nSPS) is 11.7. The molecule has 0 bridgehead atoms. The van der Waals surface area contributed by atoms with Gasteiger partial charge in [0, 0.05) is 26.1 Å². The van der Waals surface area contributed by atoms with E-state index in [9.17, 15) is 18.0 Å². The molecule has 0 unspecified atom stereocenters. The third-order valence-corrected chi connectivity index (χ3v) is 5.00. The maximum absolute atomic E-state index is 12.3. The van der Waals surface area contributed by atoms with Crippen LogP contribution in [0.1, 0.15) is 38.3 Å². The highest BCUT2D eigenvalue weighted by atomic mass is 32.2. The summed E-state index contributed by atoms with van der Waals surface area (Å²) >= 11 is 0. The van der Waals surface area contributed by atoms with Gasteiger partial charge in [-0.2, -0.15) is 0 Å². The Bertz CT molecular complexity index is 770. The molecule has 0 heterocycles. The fraction of sp³-hybridized carbons (Fsp3) is 0.556. The molecule has 0 aromatic heterocycles. The largest absolute Gasteiger partial charge is 0.444 e. The van der Waals surface area contributed by atoms with Gasteiger partial charge in [-0.05, 0) is 46.2 Å². The number of carbonyl (C=O) groups excluding carboxylic acids is 2. The highest BCUT2D eigenvalue weighted by Gasteiger charge is 2.17. The van der Waals surface area contributed by atoms with Crippen LogP contribution in [0, 0.1) is 13.8 Å². The van der Waals surface area contributed by atoms with Crippen molar-refractivity contribution in [1.82, 2.24) is 15.4 Å². The molecule has 0 saturated carbocycles. The van der Waals surface area contributed by atoms with Gasteiger partial charge in [0.05, 0.1) is 4.90 Å². The molecule has 1 aromatic carbocycles. The average Bonchev–Trinajstić information content (AvgIpc) is 2.49. The summed E-state index contributed by atoms with van der Waals surface area (Å²) in [6, 6.07) is 5.10. The van der Waals surface area contributed by atoms with Crippen LogP contribution in [0.5, 0.6) is 0 Å². The SMILES string of the molecule is Cc1ccc(S(=O)(=O)NCCNC(=O)CCNC(=O)OC(C)(C)C)c(C)c1. The van der Waals surface area contributed by atoms with E-state index in [1.807, 2.05) is 6.92 Å². The molecule has 0 spiro atoms. The zero-order chi connectivity index (χ0) is 20.7. The zero-order valence-corrected chi connectivity index (χ0v) is 17.3. The first-order chi connectivity index (χ1) is 12.4. The summed E-state index contributed by atoms with van der Waals surface area (Å²) in [5.41, 5.74) is 1.05. The van der Waals surface area contributed by atoms with Gasteiger partial charge in [-0.25, -0.2) is 17.9 Å². The number of hydrogen-bond donors (Lipinski definition) is 3. The molecule has 0 fully saturated rings. The average molecular weight is 400 g/mol. The molecule has 0 aliphatic carbocycles. The molecule has 0 radical (unpaired) electrons. The van der Waals surface area contributed by atoms with Crippen LogP contribution in [0.4, 0.5) is 4.79 Å². The van der Waals surface area contributed by atoms with Gasteiger partial charge in [0.2, 0.25) is 15.9 Å². The van der Waals surface area contributed by atoms with Crippen molar-refractivity contribution in [3.05, 3.63) is 29.3 Å². The first kappa shape index (κ1) is 22.9. The van der Waals surface area contributed by atoms with Crippen molar-refractivity contribution in [2.24, 2.45) is 0 Å². The summed E-state index contributed by atoms with van der Waals surface area (Å²) < 4.78 is 32.1. The van der Waals surface area contributed by atoms with Gasteiger partial charge >= 0.3 is 6.09 Å². The lowest BCUT2D eigenvalue weighted by molar-refractivity contribution is -0.120. The molecule has 1 aromatic rings. The molecule has 152 valence electrons. The van der Waals surface area contributed by atoms with Crippen molar-refractivity contribution in [3.63, 3.8) is 0 Å². The monoisotopic (exact) mass is 399 g/mol. The van der Waals surface area contributed by atoms with Gasteiger partial charge in [0.1, 0.15) is 5.60 Å². The van der Waals surface area contributed by atoms with Crippen LogP contribution >= 0.6 is 0 Å². The summed E-state index contributed by atoms with van der Waals surface area (Å²) in [7, 11) is -3.63. The maximum atomic E-state index is 12.3. The number of hydrogen-bond acceptors (Lipinski definition) is 5. The summed E-state index contributed by atoms with van der Waals surface area (Å²) in [6.45, 7) is 9.23. The van der Waals surface area contributed by atoms with Crippen LogP contribution in [0.3, 0.4) is 0 Å². The van der Waals surface area contributed by atoms with Crippen molar-refractivity contribution >= 4 is 22.0 Å². The van der Waals surface area contributed by atoms with Crippen LogP contribution in [-0.4, -0.2) is 45.7 Å². The predicted molar refractivity (Wildman–Crippen MR) is 103 cm³/mol. The number of carbonyl (C=O) groups is 2. The van der Waals surface area contributed by atoms with E-state index in [4.69, 9.17) is 4.74 Å². The van der Waals surface area contributed by atoms with Gasteiger partial charge in [-0.1, -0.05) is 17.7 Å². The molecule has 3 N–H and O–H groups in total. The Balaban J connectivity index is 2.31. The third kappa shape index (κ3) is 8.87. The molecular weight excluding hydrogens is 370 g/mol. The van der Waals surface area contributed by atoms with E-state index in [1.54, 1.807) is 45.9 Å². The van der Waals surface area contributed by atoms with E-state index in [0.29, 0.717) is 5.56 Å². The number of sulfonamides is 1. The fourth-order valence-corrected chi connectivity index (χ4v) is 3.50. The molecule has 1 rings (SSSR count). The highest BCUT2D eigenvalue weighted by Crippen LogP contribution is 2.15. The van der Waals surface area contributed by atoms with Gasteiger partial charge in [0.15, 0.2) is 0 Å². The summed E-state index contributed by atoms with van der Waals surface area (Å²) in [6.07, 6.45) is -0.514. The Morgan fingerprint density at radius 2 is 1.70 bits per heavy atom. The Hall–Kier alpha value is -2.13. The molecule has 0 aliphatic rings. The minimum atomic E-state index is -3.63. The number of benzene rings is 1. The van der Waals surface area contributed by atoms with Crippen molar-refractivity contribution in [1.29, 1.82) is 0 Å². The lowest BCUT2D eigenvalue weighted by Crippen LogP contribution is -2.37. The minimum Gasteiger partial charge on any atom is -0.444 e. The quantitative estimate of drug-likeness (QED) is 0.575. The second kappa shape index (κ2) is 9.70. The maximum Gasteiger partial charge on any atom is 0.407 e. The van der Waals surface area contributed by atoms with Crippen molar-refractivity contribution in [3.8, 4) is 0 Å². The van der Waals surface area contributed by atoms with E-state index in [1.165, 1.54) is 0 Å². The second-order valence-corrected chi connectivity index (χ2v) is 8.93. The fourth-order valence-electron chi connectivity index (χ4n) is 2.25. The molecule has 9 heteroatoms. The van der Waals surface area contributed by atoms with Crippen LogP contribution in [0.15, 0.2) is 23.1 Å². The number of ether oxygens (including phenoxy) is 1. The van der Waals surface area contributed by atoms with E-state index >= 15 is 0 Å². The molecule has 8 nitrogen and oxygen atoms in total. The molecular formula is C18H29N3O5S. The minimum absolute atomic E-state index is 0.0703. The number of amides is 2. The molecule has 27 heavy (non-hydrogen) atoms. The molecule has 0 saturated heterocycles. The van der Waals surface area contributed by atoms with Crippen molar-refractivity contribution < 1.29 is 22.7 Å². The van der Waals surface area contributed by atoms with Gasteiger partial charge in [-0.3, -0.25) is 4.79 Å². The topological polar surface area (TPSA) is 114 Å². The van der Waals surface area contributed by atoms with Crippen LogP contribution in [-0.2, 0) is 19.6 Å². The Labute approximate surface area is 161 Å².